The van der Waals surface area contributed by atoms with E-state index in [-0.39, 0.29) is 6.10 Å². The summed E-state index contributed by atoms with van der Waals surface area (Å²) in [4.78, 5) is 2.27. The van der Waals surface area contributed by atoms with Gasteiger partial charge in [-0.15, -0.1) is 0 Å². The van der Waals surface area contributed by atoms with Crippen LogP contribution in [0.3, 0.4) is 0 Å². The van der Waals surface area contributed by atoms with E-state index in [0.29, 0.717) is 6.79 Å². The Labute approximate surface area is 84.8 Å². The molecule has 1 N–H and O–H groups in total. The summed E-state index contributed by atoms with van der Waals surface area (Å²) in [5.74, 6) is 0. The molecule has 2 aliphatic rings. The second-order valence-corrected chi connectivity index (χ2v) is 4.59. The Balaban J connectivity index is 1.75. The Bertz CT molecular complexity index is 190. The average Bonchev–Trinajstić information content (AvgIpc) is 2.47. The van der Waals surface area contributed by atoms with Crippen LogP contribution in [0.2, 0.25) is 0 Å². The highest BCUT2D eigenvalue weighted by molar-refractivity contribution is 4.87. The molecule has 2 aliphatic heterocycles. The van der Waals surface area contributed by atoms with Crippen LogP contribution in [0.15, 0.2) is 0 Å². The summed E-state index contributed by atoms with van der Waals surface area (Å²) in [5, 5.41) is 9.79. The molecular weight excluding hydrogens is 182 g/mol. The van der Waals surface area contributed by atoms with Crippen molar-refractivity contribution in [1.29, 1.82) is 0 Å². The number of rotatable bonds is 2. The third-order valence-electron chi connectivity index (χ3n) is 2.96. The van der Waals surface area contributed by atoms with Crippen molar-refractivity contribution >= 4 is 0 Å². The molecule has 0 spiro atoms. The van der Waals surface area contributed by atoms with Crippen molar-refractivity contribution in [3.63, 3.8) is 0 Å². The fourth-order valence-electron chi connectivity index (χ4n) is 2.13. The monoisotopic (exact) mass is 201 g/mol. The average molecular weight is 201 g/mol. The lowest BCUT2D eigenvalue weighted by atomic mass is 10.1. The molecule has 0 radical (unpaired) electrons. The van der Waals surface area contributed by atoms with Gasteiger partial charge in [0.25, 0.3) is 0 Å². The maximum atomic E-state index is 9.79. The molecule has 0 aromatic carbocycles. The summed E-state index contributed by atoms with van der Waals surface area (Å²) in [6.45, 7) is 5.81. The van der Waals surface area contributed by atoms with Crippen LogP contribution in [-0.4, -0.2) is 54.7 Å². The van der Waals surface area contributed by atoms with E-state index in [4.69, 9.17) is 9.47 Å². The van der Waals surface area contributed by atoms with Crippen molar-refractivity contribution in [2.24, 2.45) is 0 Å². The predicted octanol–water partition coefficient (Wildman–Crippen LogP) is 0.206. The zero-order valence-electron chi connectivity index (χ0n) is 8.74. The highest BCUT2D eigenvalue weighted by atomic mass is 16.7. The quantitative estimate of drug-likeness (QED) is 0.693. The van der Waals surface area contributed by atoms with Crippen molar-refractivity contribution in [3.05, 3.63) is 0 Å². The Morgan fingerprint density at radius 1 is 1.57 bits per heavy atom. The number of likely N-dealkylation sites (tertiary alicyclic amines) is 1. The van der Waals surface area contributed by atoms with Gasteiger partial charge in [-0.05, 0) is 19.8 Å². The van der Waals surface area contributed by atoms with Crippen molar-refractivity contribution in [3.8, 4) is 0 Å². The standard InChI is InChI=1S/C10H19NO3/c1-10(12)3-4-11(7-10)6-9-2-5-13-8-14-9/h9,12H,2-8H2,1H3. The molecule has 82 valence electrons. The van der Waals surface area contributed by atoms with E-state index in [1.807, 2.05) is 6.92 Å². The van der Waals surface area contributed by atoms with Gasteiger partial charge in [0.15, 0.2) is 0 Å². The molecule has 2 saturated heterocycles. The third kappa shape index (κ3) is 2.67. The zero-order valence-corrected chi connectivity index (χ0v) is 8.74. The lowest BCUT2D eigenvalue weighted by Gasteiger charge is -2.27. The zero-order chi connectivity index (χ0) is 10.0. The fourth-order valence-corrected chi connectivity index (χ4v) is 2.13. The molecule has 0 aliphatic carbocycles. The summed E-state index contributed by atoms with van der Waals surface area (Å²) in [6.07, 6.45) is 2.13. The smallest absolute Gasteiger partial charge is 0.147 e. The van der Waals surface area contributed by atoms with Gasteiger partial charge in [-0.2, -0.15) is 0 Å². The van der Waals surface area contributed by atoms with Gasteiger partial charge in [-0.1, -0.05) is 0 Å². The topological polar surface area (TPSA) is 41.9 Å². The molecule has 2 heterocycles. The number of β-amino-alcohol motifs (C(OH)–C–C–N with tert-alkyl or cyclic N) is 1. The first-order valence-corrected chi connectivity index (χ1v) is 5.30. The van der Waals surface area contributed by atoms with Crippen molar-refractivity contribution in [1.82, 2.24) is 4.90 Å². The van der Waals surface area contributed by atoms with Gasteiger partial charge in [-0.3, -0.25) is 4.90 Å². The Morgan fingerprint density at radius 3 is 3.00 bits per heavy atom. The minimum absolute atomic E-state index is 0.289. The van der Waals surface area contributed by atoms with Gasteiger partial charge in [0.1, 0.15) is 6.79 Å². The summed E-state index contributed by atoms with van der Waals surface area (Å²) < 4.78 is 10.6. The molecular formula is C10H19NO3. The lowest BCUT2D eigenvalue weighted by Crippen LogP contribution is -2.38. The maximum Gasteiger partial charge on any atom is 0.147 e. The van der Waals surface area contributed by atoms with E-state index in [1.54, 1.807) is 0 Å². The first kappa shape index (κ1) is 10.4. The van der Waals surface area contributed by atoms with Crippen LogP contribution in [0.4, 0.5) is 0 Å². The summed E-state index contributed by atoms with van der Waals surface area (Å²) >= 11 is 0. The second kappa shape index (κ2) is 4.14. The van der Waals surface area contributed by atoms with E-state index in [2.05, 4.69) is 4.90 Å². The van der Waals surface area contributed by atoms with E-state index in [9.17, 15) is 5.11 Å². The van der Waals surface area contributed by atoms with Crippen molar-refractivity contribution in [2.75, 3.05) is 33.0 Å². The largest absolute Gasteiger partial charge is 0.389 e. The van der Waals surface area contributed by atoms with Crippen LogP contribution in [0.1, 0.15) is 19.8 Å². The van der Waals surface area contributed by atoms with Crippen LogP contribution in [0.5, 0.6) is 0 Å². The lowest BCUT2D eigenvalue weighted by molar-refractivity contribution is -0.144. The van der Waals surface area contributed by atoms with E-state index >= 15 is 0 Å². The molecule has 4 nitrogen and oxygen atoms in total. The maximum absolute atomic E-state index is 9.79. The van der Waals surface area contributed by atoms with E-state index in [1.165, 1.54) is 0 Å². The first-order chi connectivity index (χ1) is 6.66. The summed E-state index contributed by atoms with van der Waals surface area (Å²) in [5.41, 5.74) is -0.495. The Morgan fingerprint density at radius 2 is 2.43 bits per heavy atom. The van der Waals surface area contributed by atoms with Crippen LogP contribution in [-0.2, 0) is 9.47 Å². The highest BCUT2D eigenvalue weighted by Gasteiger charge is 2.32. The second-order valence-electron chi connectivity index (χ2n) is 4.59. The number of nitrogens with zero attached hydrogens (tertiary/aromatic N) is 1. The molecule has 2 atom stereocenters. The molecule has 2 unspecified atom stereocenters. The van der Waals surface area contributed by atoms with Crippen LogP contribution in [0.25, 0.3) is 0 Å². The van der Waals surface area contributed by atoms with Crippen LogP contribution in [0, 0.1) is 0 Å². The molecule has 4 heteroatoms. The van der Waals surface area contributed by atoms with Gasteiger partial charge in [0, 0.05) is 19.6 Å². The molecule has 14 heavy (non-hydrogen) atoms. The summed E-state index contributed by atoms with van der Waals surface area (Å²) in [6, 6.07) is 0. The molecule has 0 amide bonds. The number of ether oxygens (including phenoxy) is 2. The predicted molar refractivity (Wildman–Crippen MR) is 52.0 cm³/mol. The van der Waals surface area contributed by atoms with Gasteiger partial charge in [0.2, 0.25) is 0 Å². The van der Waals surface area contributed by atoms with Crippen molar-refractivity contribution < 1.29 is 14.6 Å². The van der Waals surface area contributed by atoms with Crippen LogP contribution < -0.4 is 0 Å². The molecule has 2 rings (SSSR count). The van der Waals surface area contributed by atoms with Gasteiger partial charge in [-0.25, -0.2) is 0 Å². The Kier molecular flexibility index (Phi) is 3.07. The summed E-state index contributed by atoms with van der Waals surface area (Å²) in [7, 11) is 0. The molecule has 0 aromatic rings. The molecule has 0 saturated carbocycles. The molecule has 2 fully saturated rings. The van der Waals surface area contributed by atoms with E-state index < -0.39 is 5.60 Å². The highest BCUT2D eigenvalue weighted by Crippen LogP contribution is 2.21. The molecule has 0 aromatic heterocycles. The van der Waals surface area contributed by atoms with Gasteiger partial charge >= 0.3 is 0 Å². The fraction of sp³-hybridized carbons (Fsp3) is 1.00. The first-order valence-electron chi connectivity index (χ1n) is 5.30. The SMILES string of the molecule is CC1(O)CCN(CC2CCOCO2)C1. The van der Waals surface area contributed by atoms with Gasteiger partial charge < -0.3 is 14.6 Å². The van der Waals surface area contributed by atoms with Gasteiger partial charge in [0.05, 0.1) is 18.3 Å². The van der Waals surface area contributed by atoms with Crippen LogP contribution >= 0.6 is 0 Å². The number of hydrogen-bond donors (Lipinski definition) is 1. The number of hydrogen-bond acceptors (Lipinski definition) is 4. The normalized spacial score (nSPS) is 40.3. The molecule has 0 bridgehead atoms. The Hall–Kier alpha value is -0.160. The van der Waals surface area contributed by atoms with Crippen molar-refractivity contribution in [2.45, 2.75) is 31.5 Å². The minimum Gasteiger partial charge on any atom is -0.389 e. The minimum atomic E-state index is -0.495. The van der Waals surface area contributed by atoms with E-state index in [0.717, 1.165) is 39.1 Å². The third-order valence-corrected chi connectivity index (χ3v) is 2.96. The number of aliphatic hydroxyl groups is 1.